The lowest BCUT2D eigenvalue weighted by atomic mass is 10.2. The van der Waals surface area contributed by atoms with Crippen LogP contribution in [0.3, 0.4) is 0 Å². The summed E-state index contributed by atoms with van der Waals surface area (Å²) in [5.41, 5.74) is 8.26. The monoisotopic (exact) mass is 191 g/mol. The SMILES string of the molecule is [NH]C(=O)C1=Cc2ccccc2SN1. The minimum Gasteiger partial charge on any atom is -0.321 e. The maximum atomic E-state index is 10.7. The predicted octanol–water partition coefficient (Wildman–Crippen LogP) is 1.45. The first-order valence-electron chi connectivity index (χ1n) is 3.77. The van der Waals surface area contributed by atoms with Crippen LogP contribution in [0.25, 0.3) is 6.08 Å². The molecule has 0 saturated heterocycles. The smallest absolute Gasteiger partial charge is 0.286 e. The Balaban J connectivity index is 2.44. The van der Waals surface area contributed by atoms with Crippen LogP contribution < -0.4 is 10.5 Å². The molecule has 3 nitrogen and oxygen atoms in total. The highest BCUT2D eigenvalue weighted by Crippen LogP contribution is 2.27. The molecule has 1 heterocycles. The second-order valence-electron chi connectivity index (χ2n) is 2.63. The van der Waals surface area contributed by atoms with Crippen molar-refractivity contribution in [3.63, 3.8) is 0 Å². The van der Waals surface area contributed by atoms with Crippen molar-refractivity contribution < 1.29 is 4.79 Å². The largest absolute Gasteiger partial charge is 0.321 e. The molecule has 1 radical (unpaired) electrons. The van der Waals surface area contributed by atoms with Crippen LogP contribution in [0.1, 0.15) is 5.56 Å². The molecular formula is C9H7N2OS. The molecule has 65 valence electrons. The summed E-state index contributed by atoms with van der Waals surface area (Å²) in [5.74, 6) is -0.679. The van der Waals surface area contributed by atoms with Gasteiger partial charge < -0.3 is 4.72 Å². The lowest BCUT2D eigenvalue weighted by Crippen LogP contribution is -2.17. The van der Waals surface area contributed by atoms with Crippen LogP contribution in [0.5, 0.6) is 0 Å². The Hall–Kier alpha value is -1.42. The average molecular weight is 191 g/mol. The fraction of sp³-hybridized carbons (Fsp3) is 0. The van der Waals surface area contributed by atoms with Crippen molar-refractivity contribution in [2.24, 2.45) is 0 Å². The molecule has 0 spiro atoms. The number of rotatable bonds is 1. The summed E-state index contributed by atoms with van der Waals surface area (Å²) in [7, 11) is 0. The fourth-order valence-corrected chi connectivity index (χ4v) is 1.86. The number of carbonyl (C=O) groups excluding carboxylic acids is 1. The van der Waals surface area contributed by atoms with E-state index in [2.05, 4.69) is 4.72 Å². The van der Waals surface area contributed by atoms with E-state index in [0.717, 1.165) is 10.5 Å². The summed E-state index contributed by atoms with van der Waals surface area (Å²) in [6, 6.07) is 7.74. The van der Waals surface area contributed by atoms with Crippen LogP contribution >= 0.6 is 11.9 Å². The zero-order chi connectivity index (χ0) is 9.26. The van der Waals surface area contributed by atoms with Crippen LogP contribution in [0, 0.1) is 0 Å². The van der Waals surface area contributed by atoms with E-state index in [1.807, 2.05) is 24.3 Å². The van der Waals surface area contributed by atoms with E-state index < -0.39 is 5.91 Å². The van der Waals surface area contributed by atoms with Gasteiger partial charge in [0.2, 0.25) is 0 Å². The number of carbonyl (C=O) groups is 1. The van der Waals surface area contributed by atoms with Crippen molar-refractivity contribution in [1.29, 1.82) is 0 Å². The van der Waals surface area contributed by atoms with Gasteiger partial charge in [0.15, 0.2) is 0 Å². The topological polar surface area (TPSA) is 52.9 Å². The first-order valence-corrected chi connectivity index (χ1v) is 4.58. The Bertz CT molecular complexity index is 387. The van der Waals surface area contributed by atoms with E-state index in [0.29, 0.717) is 5.70 Å². The van der Waals surface area contributed by atoms with E-state index in [1.54, 1.807) is 6.08 Å². The molecule has 4 heteroatoms. The molecule has 0 aromatic heterocycles. The van der Waals surface area contributed by atoms with Crippen LogP contribution in [-0.2, 0) is 4.79 Å². The van der Waals surface area contributed by atoms with Crippen molar-refractivity contribution in [1.82, 2.24) is 10.5 Å². The van der Waals surface area contributed by atoms with E-state index >= 15 is 0 Å². The van der Waals surface area contributed by atoms with Crippen molar-refractivity contribution in [3.05, 3.63) is 35.5 Å². The van der Waals surface area contributed by atoms with Gasteiger partial charge in [0.1, 0.15) is 5.70 Å². The third-order valence-electron chi connectivity index (χ3n) is 1.73. The minimum atomic E-state index is -0.679. The molecule has 0 saturated carbocycles. The highest BCUT2D eigenvalue weighted by molar-refractivity contribution is 7.97. The molecule has 1 aliphatic heterocycles. The molecule has 0 unspecified atom stereocenters. The second kappa shape index (κ2) is 3.14. The van der Waals surface area contributed by atoms with Gasteiger partial charge >= 0.3 is 0 Å². The highest BCUT2D eigenvalue weighted by Gasteiger charge is 2.13. The van der Waals surface area contributed by atoms with Crippen LogP contribution in [0.15, 0.2) is 34.9 Å². The lowest BCUT2D eigenvalue weighted by Gasteiger charge is -2.14. The van der Waals surface area contributed by atoms with Gasteiger partial charge in [0.25, 0.3) is 5.91 Å². The van der Waals surface area contributed by atoms with Crippen LogP contribution in [-0.4, -0.2) is 5.91 Å². The maximum Gasteiger partial charge on any atom is 0.286 e. The molecule has 13 heavy (non-hydrogen) atoms. The Morgan fingerprint density at radius 2 is 2.15 bits per heavy atom. The summed E-state index contributed by atoms with van der Waals surface area (Å²) in [6.07, 6.45) is 1.70. The summed E-state index contributed by atoms with van der Waals surface area (Å²) in [5, 5.41) is 0. The van der Waals surface area contributed by atoms with E-state index in [9.17, 15) is 4.79 Å². The molecule has 1 aromatic carbocycles. The summed E-state index contributed by atoms with van der Waals surface area (Å²) in [6.45, 7) is 0. The summed E-state index contributed by atoms with van der Waals surface area (Å²) >= 11 is 1.37. The molecule has 1 aliphatic rings. The first-order chi connectivity index (χ1) is 6.27. The van der Waals surface area contributed by atoms with Gasteiger partial charge in [-0.05, 0) is 29.7 Å². The van der Waals surface area contributed by atoms with Gasteiger partial charge in [-0.2, -0.15) is 0 Å². The van der Waals surface area contributed by atoms with E-state index in [4.69, 9.17) is 5.73 Å². The van der Waals surface area contributed by atoms with Gasteiger partial charge in [-0.3, -0.25) is 10.5 Å². The lowest BCUT2D eigenvalue weighted by molar-refractivity contribution is -0.115. The predicted molar refractivity (Wildman–Crippen MR) is 51.5 cm³/mol. The van der Waals surface area contributed by atoms with Crippen molar-refractivity contribution >= 4 is 23.9 Å². The molecule has 0 atom stereocenters. The standard InChI is InChI=1S/C9H7N2OS/c10-9(12)7-5-6-3-1-2-4-8(6)13-11-7/h1-5,10-11H. The molecule has 2 rings (SSSR count). The van der Waals surface area contributed by atoms with Crippen LogP contribution in [0.2, 0.25) is 0 Å². The Morgan fingerprint density at radius 1 is 1.38 bits per heavy atom. The zero-order valence-electron chi connectivity index (χ0n) is 6.70. The highest BCUT2D eigenvalue weighted by atomic mass is 32.2. The number of nitrogens with one attached hydrogen (secondary N) is 2. The normalized spacial score (nSPS) is 14.0. The van der Waals surface area contributed by atoms with Crippen molar-refractivity contribution in [2.45, 2.75) is 4.90 Å². The molecular weight excluding hydrogens is 184 g/mol. The van der Waals surface area contributed by atoms with E-state index in [1.165, 1.54) is 11.9 Å². The van der Waals surface area contributed by atoms with Crippen LogP contribution in [0.4, 0.5) is 0 Å². The molecule has 2 N–H and O–H groups in total. The maximum absolute atomic E-state index is 10.7. The molecule has 1 amide bonds. The second-order valence-corrected chi connectivity index (χ2v) is 3.48. The number of fused-ring (bicyclic) bond motifs is 1. The number of hydrogen-bond acceptors (Lipinski definition) is 3. The first kappa shape index (κ1) is 8.19. The third-order valence-corrected chi connectivity index (χ3v) is 2.65. The third kappa shape index (κ3) is 1.53. The van der Waals surface area contributed by atoms with Gasteiger partial charge in [0.05, 0.1) is 0 Å². The van der Waals surface area contributed by atoms with Gasteiger partial charge in [-0.1, -0.05) is 18.2 Å². The number of hydrogen-bond donors (Lipinski definition) is 1. The van der Waals surface area contributed by atoms with Crippen molar-refractivity contribution in [3.8, 4) is 0 Å². The molecule has 1 aromatic rings. The quantitative estimate of drug-likeness (QED) is 0.683. The average Bonchev–Trinajstić information content (AvgIpc) is 2.17. The molecule has 0 aliphatic carbocycles. The number of benzene rings is 1. The van der Waals surface area contributed by atoms with Gasteiger partial charge in [-0.15, -0.1) is 0 Å². The number of amides is 1. The Morgan fingerprint density at radius 3 is 2.92 bits per heavy atom. The van der Waals surface area contributed by atoms with Crippen molar-refractivity contribution in [2.75, 3.05) is 0 Å². The zero-order valence-corrected chi connectivity index (χ0v) is 7.52. The fourth-order valence-electron chi connectivity index (χ4n) is 1.10. The minimum absolute atomic E-state index is 0.337. The van der Waals surface area contributed by atoms with Gasteiger partial charge in [0, 0.05) is 4.90 Å². The molecule has 0 fully saturated rings. The van der Waals surface area contributed by atoms with Gasteiger partial charge in [-0.25, -0.2) is 0 Å². The van der Waals surface area contributed by atoms with E-state index in [-0.39, 0.29) is 0 Å². The Labute approximate surface area is 80.1 Å². The Kier molecular flexibility index (Phi) is 1.98. The summed E-state index contributed by atoms with van der Waals surface area (Å²) in [4.78, 5) is 11.8. The molecule has 0 bridgehead atoms. The summed E-state index contributed by atoms with van der Waals surface area (Å²) < 4.78 is 2.82.